The van der Waals surface area contributed by atoms with Gasteiger partial charge in [0, 0.05) is 16.7 Å². The molecule has 0 aliphatic heterocycles. The number of carbonyl (C=O) groups is 2. The minimum Gasteiger partial charge on any atom is -0.388 e. The summed E-state index contributed by atoms with van der Waals surface area (Å²) in [5, 5.41) is 14.4. The van der Waals surface area contributed by atoms with E-state index in [9.17, 15) is 23.5 Å². The summed E-state index contributed by atoms with van der Waals surface area (Å²) in [7, 11) is 0. The average molecular weight is 440 g/mol. The van der Waals surface area contributed by atoms with Crippen molar-refractivity contribution >= 4 is 11.7 Å². The zero-order valence-electron chi connectivity index (χ0n) is 18.0. The lowest BCUT2D eigenvalue weighted by Crippen LogP contribution is -2.66. The molecule has 168 valence electrons. The molecule has 4 aliphatic rings. The number of aryl methyl sites for hydroxylation is 1. The molecule has 2 unspecified atom stereocenters. The monoisotopic (exact) mass is 439 g/mol. The fourth-order valence-corrected chi connectivity index (χ4v) is 6.52. The summed E-state index contributed by atoms with van der Waals surface area (Å²) in [6.45, 7) is 1.90. The van der Waals surface area contributed by atoms with Gasteiger partial charge in [-0.15, -0.1) is 0 Å². The van der Waals surface area contributed by atoms with Crippen LogP contribution in [0.3, 0.4) is 0 Å². The summed E-state index contributed by atoms with van der Waals surface area (Å²) in [6, 6.07) is 7.63. The van der Waals surface area contributed by atoms with Gasteiger partial charge < -0.3 is 10.4 Å². The molecule has 0 radical (unpaired) electrons. The Labute approximate surface area is 186 Å². The van der Waals surface area contributed by atoms with E-state index in [-0.39, 0.29) is 17.5 Å². The van der Waals surface area contributed by atoms with Crippen molar-refractivity contribution in [2.45, 2.75) is 57.1 Å². The Morgan fingerprint density at radius 3 is 2.28 bits per heavy atom. The number of nitrogens with one attached hydrogen (secondary N) is 1. The third kappa shape index (κ3) is 3.54. The molecule has 6 heteroatoms. The second kappa shape index (κ2) is 7.77. The molecule has 2 N–H and O–H groups in total. The lowest BCUT2D eigenvalue weighted by Gasteiger charge is -2.58. The molecule has 4 saturated carbocycles. The van der Waals surface area contributed by atoms with Gasteiger partial charge in [-0.1, -0.05) is 13.0 Å². The highest BCUT2D eigenvalue weighted by Crippen LogP contribution is 2.55. The highest BCUT2D eigenvalue weighted by atomic mass is 19.2. The van der Waals surface area contributed by atoms with Gasteiger partial charge >= 0.3 is 0 Å². The zero-order valence-corrected chi connectivity index (χ0v) is 18.0. The van der Waals surface area contributed by atoms with E-state index in [1.165, 1.54) is 12.5 Å². The predicted molar refractivity (Wildman–Crippen MR) is 115 cm³/mol. The Kier molecular flexibility index (Phi) is 5.16. The van der Waals surface area contributed by atoms with Crippen molar-refractivity contribution < 1.29 is 23.5 Å². The van der Waals surface area contributed by atoms with Crippen LogP contribution in [-0.4, -0.2) is 28.4 Å². The largest absolute Gasteiger partial charge is 0.388 e. The summed E-state index contributed by atoms with van der Waals surface area (Å²) >= 11 is 0. The molecule has 0 saturated heterocycles. The number of ketones is 1. The van der Waals surface area contributed by atoms with E-state index in [1.807, 2.05) is 6.92 Å². The second-order valence-electron chi connectivity index (χ2n) is 9.85. The van der Waals surface area contributed by atoms with Crippen molar-refractivity contribution in [1.82, 2.24) is 5.32 Å². The Morgan fingerprint density at radius 2 is 1.66 bits per heavy atom. The number of hydrogen-bond acceptors (Lipinski definition) is 3. The highest BCUT2D eigenvalue weighted by Gasteiger charge is 2.56. The van der Waals surface area contributed by atoms with Gasteiger partial charge in [-0.2, -0.15) is 0 Å². The minimum atomic E-state index is -1.07. The summed E-state index contributed by atoms with van der Waals surface area (Å²) in [5.41, 5.74) is 0.731. The number of carbonyl (C=O) groups excluding carboxylic acids is 2. The molecule has 4 aliphatic carbocycles. The fourth-order valence-electron chi connectivity index (χ4n) is 6.52. The molecule has 0 spiro atoms. The first-order valence-corrected chi connectivity index (χ1v) is 11.4. The number of halogens is 2. The van der Waals surface area contributed by atoms with Crippen molar-refractivity contribution in [3.63, 3.8) is 0 Å². The van der Waals surface area contributed by atoms with Gasteiger partial charge in [0.25, 0.3) is 5.91 Å². The molecular weight excluding hydrogens is 412 g/mol. The molecule has 4 nitrogen and oxygen atoms in total. The zero-order chi connectivity index (χ0) is 22.6. The molecule has 2 aromatic carbocycles. The maximum Gasteiger partial charge on any atom is 0.251 e. The van der Waals surface area contributed by atoms with Crippen molar-refractivity contribution in [2.24, 2.45) is 17.8 Å². The molecule has 2 aromatic rings. The maximum atomic E-state index is 13.5. The average Bonchev–Trinajstić information content (AvgIpc) is 2.76. The molecule has 0 aromatic heterocycles. The van der Waals surface area contributed by atoms with Gasteiger partial charge in [-0.3, -0.25) is 9.59 Å². The molecule has 32 heavy (non-hydrogen) atoms. The summed E-state index contributed by atoms with van der Waals surface area (Å²) in [6.07, 6.45) is 5.37. The third-order valence-corrected chi connectivity index (χ3v) is 7.73. The first-order chi connectivity index (χ1) is 15.3. The maximum absolute atomic E-state index is 13.5. The minimum absolute atomic E-state index is 0.0546. The first kappa shape index (κ1) is 21.3. The van der Waals surface area contributed by atoms with Crippen LogP contribution in [0.25, 0.3) is 0 Å². The third-order valence-electron chi connectivity index (χ3n) is 7.73. The van der Waals surface area contributed by atoms with E-state index in [0.29, 0.717) is 40.9 Å². The highest BCUT2D eigenvalue weighted by molar-refractivity contribution is 6.09. The lowest BCUT2D eigenvalue weighted by atomic mass is 9.52. The predicted octanol–water partition coefficient (Wildman–Crippen LogP) is 4.43. The molecule has 4 bridgehead atoms. The number of benzene rings is 2. The van der Waals surface area contributed by atoms with Crippen molar-refractivity contribution in [3.8, 4) is 0 Å². The Balaban J connectivity index is 1.37. The van der Waals surface area contributed by atoms with Crippen LogP contribution in [0.2, 0.25) is 0 Å². The van der Waals surface area contributed by atoms with Crippen molar-refractivity contribution in [3.05, 3.63) is 70.3 Å². The molecule has 3 atom stereocenters. The van der Waals surface area contributed by atoms with E-state index in [1.54, 1.807) is 18.2 Å². The van der Waals surface area contributed by atoms with Crippen LogP contribution in [0, 0.1) is 29.4 Å². The molecule has 4 fully saturated rings. The van der Waals surface area contributed by atoms with Crippen LogP contribution < -0.4 is 5.32 Å². The first-order valence-electron chi connectivity index (χ1n) is 11.4. The molecule has 1 amide bonds. The summed E-state index contributed by atoms with van der Waals surface area (Å²) in [4.78, 5) is 26.0. The normalized spacial score (nSPS) is 30.4. The SMILES string of the molecule is CCc1cc(C(=O)c2ccc(F)c(F)c2)ccc1C(=O)N[C@H]1C2CC3CC(C2)CC1(O)C3. The van der Waals surface area contributed by atoms with Crippen molar-refractivity contribution in [1.29, 1.82) is 0 Å². The standard InChI is InChI=1S/C26H27F2NO3/c1-2-16-10-17(23(30)18-4-6-21(27)22(28)11-18)3-5-20(16)25(31)29-24-19-8-14-7-15(9-19)13-26(24,32)12-14/h3-6,10-11,14-15,19,24,32H,2,7-9,12-13H2,1H3,(H,29,31)/t14?,15?,19?,24-,26?/m0/s1. The number of hydrogen-bond donors (Lipinski definition) is 2. The quantitative estimate of drug-likeness (QED) is 0.678. The van der Waals surface area contributed by atoms with E-state index in [0.717, 1.165) is 37.8 Å². The Hall–Kier alpha value is -2.60. The number of amides is 1. The van der Waals surface area contributed by atoms with E-state index < -0.39 is 23.0 Å². The lowest BCUT2D eigenvalue weighted by molar-refractivity contribution is -0.146. The van der Waals surface area contributed by atoms with Gasteiger partial charge in [0.05, 0.1) is 11.6 Å². The molecule has 0 heterocycles. The number of aliphatic hydroxyl groups is 1. The summed E-state index contributed by atoms with van der Waals surface area (Å²) in [5.74, 6) is -1.29. The molecule has 6 rings (SSSR count). The molecular formula is C26H27F2NO3. The van der Waals surface area contributed by atoms with Crippen LogP contribution >= 0.6 is 0 Å². The number of rotatable bonds is 5. The second-order valence-corrected chi connectivity index (χ2v) is 9.85. The smallest absolute Gasteiger partial charge is 0.251 e. The van der Waals surface area contributed by atoms with Crippen LogP contribution in [0.4, 0.5) is 8.78 Å². The van der Waals surface area contributed by atoms with Crippen LogP contribution in [0.15, 0.2) is 36.4 Å². The van der Waals surface area contributed by atoms with Crippen LogP contribution in [-0.2, 0) is 6.42 Å². The Bertz CT molecular complexity index is 1080. The van der Waals surface area contributed by atoms with Gasteiger partial charge in [-0.05, 0) is 92.2 Å². The van der Waals surface area contributed by atoms with Gasteiger partial charge in [-0.25, -0.2) is 8.78 Å². The van der Waals surface area contributed by atoms with E-state index in [2.05, 4.69) is 5.32 Å². The van der Waals surface area contributed by atoms with Crippen LogP contribution in [0.5, 0.6) is 0 Å². The van der Waals surface area contributed by atoms with Gasteiger partial charge in [0.2, 0.25) is 0 Å². The fraction of sp³-hybridized carbons (Fsp3) is 0.462. The van der Waals surface area contributed by atoms with E-state index in [4.69, 9.17) is 0 Å². The van der Waals surface area contributed by atoms with Crippen LogP contribution in [0.1, 0.15) is 70.9 Å². The van der Waals surface area contributed by atoms with Crippen molar-refractivity contribution in [2.75, 3.05) is 0 Å². The Morgan fingerprint density at radius 1 is 1.00 bits per heavy atom. The van der Waals surface area contributed by atoms with Gasteiger partial charge in [0.1, 0.15) is 0 Å². The van der Waals surface area contributed by atoms with Gasteiger partial charge in [0.15, 0.2) is 17.4 Å². The topological polar surface area (TPSA) is 66.4 Å². The summed E-state index contributed by atoms with van der Waals surface area (Å²) < 4.78 is 26.8. The van der Waals surface area contributed by atoms with E-state index >= 15 is 0 Å².